The largest absolute Gasteiger partial charge is 0.416 e. The van der Waals surface area contributed by atoms with Crippen molar-refractivity contribution in [3.8, 4) is 0 Å². The molecule has 3 atom stereocenters. The van der Waals surface area contributed by atoms with Gasteiger partial charge in [0.1, 0.15) is 0 Å². The molecule has 1 saturated heterocycles. The Morgan fingerprint density at radius 1 is 1.00 bits per heavy atom. The van der Waals surface area contributed by atoms with Gasteiger partial charge >= 0.3 is 12.4 Å². The lowest BCUT2D eigenvalue weighted by molar-refractivity contribution is -0.143. The number of ether oxygens (including phenoxy) is 1. The van der Waals surface area contributed by atoms with Crippen molar-refractivity contribution in [3.63, 3.8) is 0 Å². The Labute approximate surface area is 197 Å². The standard InChI is InChI=1S/C24H23F6N3O2/c1-15(16-9-18(23(25,26)27)11-19(10-16)24(28,29)30)35-13-22(17-5-3-2-4-6-17)8-7-21(12-32-22)20(34)31-14-33-21/h2-6,9-11,14-15,32H,7-8,12-13H2,1H3,(H,31,33,34). The third kappa shape index (κ3) is 5.06. The van der Waals surface area contributed by atoms with Crippen LogP contribution in [0.5, 0.6) is 0 Å². The number of nitrogens with one attached hydrogen (secondary N) is 2. The van der Waals surface area contributed by atoms with Gasteiger partial charge in [0.25, 0.3) is 5.91 Å². The Kier molecular flexibility index (Phi) is 6.43. The molecule has 0 bridgehead atoms. The Hall–Kier alpha value is -2.92. The van der Waals surface area contributed by atoms with E-state index < -0.39 is 40.7 Å². The van der Waals surface area contributed by atoms with Crippen LogP contribution in [-0.4, -0.2) is 30.9 Å². The zero-order valence-electron chi connectivity index (χ0n) is 18.6. The summed E-state index contributed by atoms with van der Waals surface area (Å²) in [7, 11) is 0. The Morgan fingerprint density at radius 3 is 2.11 bits per heavy atom. The fourth-order valence-electron chi connectivity index (χ4n) is 4.41. The second-order valence-corrected chi connectivity index (χ2v) is 8.86. The van der Waals surface area contributed by atoms with Crippen LogP contribution in [0.2, 0.25) is 0 Å². The van der Waals surface area contributed by atoms with Gasteiger partial charge in [-0.05, 0) is 49.1 Å². The minimum absolute atomic E-state index is 0.0445. The van der Waals surface area contributed by atoms with Crippen molar-refractivity contribution in [2.75, 3.05) is 13.2 Å². The minimum Gasteiger partial charge on any atom is -0.372 e. The van der Waals surface area contributed by atoms with Gasteiger partial charge in [-0.3, -0.25) is 9.79 Å². The lowest BCUT2D eigenvalue weighted by atomic mass is 9.76. The first kappa shape index (κ1) is 25.2. The van der Waals surface area contributed by atoms with Crippen LogP contribution in [-0.2, 0) is 27.4 Å². The molecule has 0 saturated carbocycles. The highest BCUT2D eigenvalue weighted by Crippen LogP contribution is 2.40. The lowest BCUT2D eigenvalue weighted by Crippen LogP contribution is -2.60. The number of rotatable bonds is 5. The molecule has 1 fully saturated rings. The van der Waals surface area contributed by atoms with Crippen molar-refractivity contribution < 1.29 is 35.9 Å². The Balaban J connectivity index is 1.59. The Bertz CT molecular complexity index is 1070. The maximum absolute atomic E-state index is 13.3. The quantitative estimate of drug-likeness (QED) is 0.571. The van der Waals surface area contributed by atoms with Crippen LogP contribution in [0.25, 0.3) is 0 Å². The summed E-state index contributed by atoms with van der Waals surface area (Å²) >= 11 is 0. The van der Waals surface area contributed by atoms with Crippen molar-refractivity contribution >= 4 is 12.2 Å². The fourth-order valence-corrected chi connectivity index (χ4v) is 4.41. The van der Waals surface area contributed by atoms with Crippen LogP contribution >= 0.6 is 0 Å². The van der Waals surface area contributed by atoms with Crippen LogP contribution in [0.1, 0.15) is 48.1 Å². The smallest absolute Gasteiger partial charge is 0.372 e. The molecule has 35 heavy (non-hydrogen) atoms. The van der Waals surface area contributed by atoms with E-state index in [1.165, 1.54) is 13.3 Å². The summed E-state index contributed by atoms with van der Waals surface area (Å²) in [5.74, 6) is -0.232. The molecule has 188 valence electrons. The summed E-state index contributed by atoms with van der Waals surface area (Å²) in [6, 6.07) is 10.6. The molecule has 0 aromatic heterocycles. The summed E-state index contributed by atoms with van der Waals surface area (Å²) in [4.78, 5) is 16.6. The number of carbonyl (C=O) groups excluding carboxylic acids is 1. The van der Waals surface area contributed by atoms with E-state index in [9.17, 15) is 31.1 Å². The molecule has 2 aliphatic heterocycles. The van der Waals surface area contributed by atoms with Gasteiger partial charge in [-0.2, -0.15) is 26.3 Å². The summed E-state index contributed by atoms with van der Waals surface area (Å²) in [5, 5.41) is 5.90. The van der Waals surface area contributed by atoms with Gasteiger partial charge in [0.05, 0.1) is 35.7 Å². The first-order valence-corrected chi connectivity index (χ1v) is 10.9. The van der Waals surface area contributed by atoms with Crippen molar-refractivity contribution in [1.82, 2.24) is 10.6 Å². The molecule has 5 nitrogen and oxygen atoms in total. The molecule has 1 amide bonds. The van der Waals surface area contributed by atoms with Gasteiger partial charge in [0.2, 0.25) is 0 Å². The molecule has 3 unspecified atom stereocenters. The van der Waals surface area contributed by atoms with E-state index in [4.69, 9.17) is 4.74 Å². The topological polar surface area (TPSA) is 62.7 Å². The summed E-state index contributed by atoms with van der Waals surface area (Å²) in [6.45, 7) is 1.56. The number of benzene rings is 2. The number of alkyl halides is 6. The summed E-state index contributed by atoms with van der Waals surface area (Å²) in [6.07, 6.45) is -8.80. The van der Waals surface area contributed by atoms with E-state index in [2.05, 4.69) is 15.6 Å². The Morgan fingerprint density at radius 2 is 1.63 bits per heavy atom. The highest BCUT2D eigenvalue weighted by atomic mass is 19.4. The van der Waals surface area contributed by atoms with Gasteiger partial charge in [0, 0.05) is 6.54 Å². The van der Waals surface area contributed by atoms with Crippen LogP contribution in [0.4, 0.5) is 26.3 Å². The molecule has 0 aliphatic carbocycles. The van der Waals surface area contributed by atoms with E-state index in [0.29, 0.717) is 25.0 Å². The molecule has 0 radical (unpaired) electrons. The second kappa shape index (κ2) is 8.94. The number of aliphatic imine (C=N–C) groups is 1. The molecular formula is C24H23F6N3O2. The van der Waals surface area contributed by atoms with Crippen LogP contribution in [0.3, 0.4) is 0 Å². The fraction of sp³-hybridized carbons (Fsp3) is 0.417. The molecule has 2 aromatic carbocycles. The summed E-state index contributed by atoms with van der Waals surface area (Å²) in [5.41, 5.74) is -3.95. The lowest BCUT2D eigenvalue weighted by Gasteiger charge is -2.44. The molecule has 2 heterocycles. The zero-order valence-corrected chi connectivity index (χ0v) is 18.6. The first-order chi connectivity index (χ1) is 16.3. The number of carbonyl (C=O) groups is 1. The average Bonchev–Trinajstić information content (AvgIpc) is 3.17. The molecule has 1 spiro atoms. The second-order valence-electron chi connectivity index (χ2n) is 8.86. The number of piperidine rings is 1. The normalized spacial score (nSPS) is 25.6. The number of nitrogens with zero attached hydrogens (tertiary/aromatic N) is 1. The van der Waals surface area contributed by atoms with Gasteiger partial charge in [-0.25, -0.2) is 0 Å². The number of amides is 1. The maximum Gasteiger partial charge on any atom is 0.416 e. The third-order valence-electron chi connectivity index (χ3n) is 6.60. The summed E-state index contributed by atoms with van der Waals surface area (Å²) < 4.78 is 85.5. The predicted molar refractivity (Wildman–Crippen MR) is 116 cm³/mol. The molecule has 2 aromatic rings. The highest BCUT2D eigenvalue weighted by Gasteiger charge is 2.49. The van der Waals surface area contributed by atoms with Crippen molar-refractivity contribution in [1.29, 1.82) is 0 Å². The van der Waals surface area contributed by atoms with E-state index in [1.54, 1.807) is 0 Å². The van der Waals surface area contributed by atoms with Crippen molar-refractivity contribution in [3.05, 3.63) is 70.8 Å². The van der Waals surface area contributed by atoms with Crippen LogP contribution in [0, 0.1) is 0 Å². The molecule has 4 rings (SSSR count). The van der Waals surface area contributed by atoms with Gasteiger partial charge in [-0.1, -0.05) is 30.3 Å². The minimum atomic E-state index is -4.94. The first-order valence-electron chi connectivity index (χ1n) is 10.9. The van der Waals surface area contributed by atoms with Gasteiger partial charge < -0.3 is 15.4 Å². The van der Waals surface area contributed by atoms with Gasteiger partial charge in [0.15, 0.2) is 5.54 Å². The van der Waals surface area contributed by atoms with Gasteiger partial charge in [-0.15, -0.1) is 0 Å². The van der Waals surface area contributed by atoms with E-state index in [-0.39, 0.29) is 30.7 Å². The SMILES string of the molecule is CC(OCC1(c2ccccc2)CCC2(CN1)N=CNC2=O)c1cc(C(F)(F)F)cc(C(F)(F)F)c1. The third-order valence-corrected chi connectivity index (χ3v) is 6.60. The zero-order chi connectivity index (χ0) is 25.5. The van der Waals surface area contributed by atoms with Crippen LogP contribution < -0.4 is 10.6 Å². The van der Waals surface area contributed by atoms with Crippen molar-refractivity contribution in [2.45, 2.75) is 49.3 Å². The average molecular weight is 499 g/mol. The number of halogens is 6. The van der Waals surface area contributed by atoms with E-state index >= 15 is 0 Å². The monoisotopic (exact) mass is 499 g/mol. The molecule has 2 aliphatic rings. The van der Waals surface area contributed by atoms with E-state index in [1.807, 2.05) is 30.3 Å². The molecule has 2 N–H and O–H groups in total. The highest BCUT2D eigenvalue weighted by molar-refractivity contribution is 6.00. The van der Waals surface area contributed by atoms with E-state index in [0.717, 1.165) is 5.56 Å². The van der Waals surface area contributed by atoms with Crippen molar-refractivity contribution in [2.24, 2.45) is 4.99 Å². The number of hydrogen-bond donors (Lipinski definition) is 2. The molecular weight excluding hydrogens is 476 g/mol. The maximum atomic E-state index is 13.3. The number of hydrogen-bond acceptors (Lipinski definition) is 4. The molecule has 11 heteroatoms. The van der Waals surface area contributed by atoms with Crippen LogP contribution in [0.15, 0.2) is 53.5 Å². The predicted octanol–water partition coefficient (Wildman–Crippen LogP) is 4.98.